The van der Waals surface area contributed by atoms with Crippen LogP contribution in [0.3, 0.4) is 0 Å². The summed E-state index contributed by atoms with van der Waals surface area (Å²) >= 11 is 0. The number of nitrogens with zero attached hydrogens (tertiary/aromatic N) is 1. The Morgan fingerprint density at radius 3 is 2.28 bits per heavy atom. The summed E-state index contributed by atoms with van der Waals surface area (Å²) in [4.78, 5) is 51.2. The second-order valence-electron chi connectivity index (χ2n) is 8.06. The Kier molecular flexibility index (Phi) is 10.1. The van der Waals surface area contributed by atoms with Crippen molar-refractivity contribution in [3.05, 3.63) is 35.4 Å². The molecule has 0 saturated heterocycles. The SMILES string of the molecule is CCN(C(=O)C(CO)NC(=O)OC(C)(C)C)C(C(=O)NCC(=O)OC)c1ccccc1C. The van der Waals surface area contributed by atoms with Gasteiger partial charge in [-0.05, 0) is 45.7 Å². The maximum Gasteiger partial charge on any atom is 0.408 e. The van der Waals surface area contributed by atoms with Crippen LogP contribution in [-0.2, 0) is 23.9 Å². The van der Waals surface area contributed by atoms with Gasteiger partial charge in [-0.3, -0.25) is 14.4 Å². The number of ether oxygens (including phenoxy) is 2. The van der Waals surface area contributed by atoms with Crippen molar-refractivity contribution in [1.82, 2.24) is 15.5 Å². The number of benzene rings is 1. The number of amides is 3. The zero-order valence-electron chi connectivity index (χ0n) is 19.4. The molecular formula is C22H33N3O7. The third kappa shape index (κ3) is 7.84. The van der Waals surface area contributed by atoms with Crippen molar-refractivity contribution in [2.45, 2.75) is 52.3 Å². The van der Waals surface area contributed by atoms with Gasteiger partial charge in [-0.25, -0.2) is 4.79 Å². The largest absolute Gasteiger partial charge is 0.468 e. The lowest BCUT2D eigenvalue weighted by Crippen LogP contribution is -2.54. The van der Waals surface area contributed by atoms with Gasteiger partial charge in [-0.2, -0.15) is 0 Å². The van der Waals surface area contributed by atoms with Crippen LogP contribution in [0.4, 0.5) is 4.79 Å². The van der Waals surface area contributed by atoms with Crippen LogP contribution < -0.4 is 10.6 Å². The quantitative estimate of drug-likeness (QED) is 0.478. The molecule has 0 bridgehead atoms. The van der Waals surface area contributed by atoms with Crippen molar-refractivity contribution in [2.24, 2.45) is 0 Å². The fourth-order valence-electron chi connectivity index (χ4n) is 2.97. The number of rotatable bonds is 9. The highest BCUT2D eigenvalue weighted by atomic mass is 16.6. The molecule has 0 radical (unpaired) electrons. The number of carbonyl (C=O) groups is 4. The van der Waals surface area contributed by atoms with E-state index >= 15 is 0 Å². The first kappa shape index (κ1) is 26.9. The Balaban J connectivity index is 3.24. The number of likely N-dealkylation sites (N-methyl/N-ethyl adjacent to an activating group) is 1. The van der Waals surface area contributed by atoms with E-state index in [2.05, 4.69) is 15.4 Å². The van der Waals surface area contributed by atoms with Gasteiger partial charge >= 0.3 is 12.1 Å². The third-order valence-corrected chi connectivity index (χ3v) is 4.47. The van der Waals surface area contributed by atoms with E-state index in [0.29, 0.717) is 5.56 Å². The van der Waals surface area contributed by atoms with E-state index in [-0.39, 0.29) is 13.1 Å². The van der Waals surface area contributed by atoms with Gasteiger partial charge in [0.15, 0.2) is 0 Å². The highest BCUT2D eigenvalue weighted by Crippen LogP contribution is 2.25. The van der Waals surface area contributed by atoms with E-state index in [4.69, 9.17) is 4.74 Å². The second kappa shape index (κ2) is 12.0. The number of esters is 1. The van der Waals surface area contributed by atoms with Crippen LogP contribution in [0.5, 0.6) is 0 Å². The number of aliphatic hydroxyl groups is 1. The second-order valence-corrected chi connectivity index (χ2v) is 8.06. The minimum atomic E-state index is -1.33. The molecular weight excluding hydrogens is 418 g/mol. The van der Waals surface area contributed by atoms with Gasteiger partial charge in [-0.15, -0.1) is 0 Å². The zero-order chi connectivity index (χ0) is 24.5. The highest BCUT2D eigenvalue weighted by molar-refractivity contribution is 5.93. The molecule has 3 amide bonds. The fraction of sp³-hybridized carbons (Fsp3) is 0.545. The molecule has 0 spiro atoms. The van der Waals surface area contributed by atoms with Gasteiger partial charge in [0.1, 0.15) is 24.2 Å². The van der Waals surface area contributed by atoms with Gasteiger partial charge in [0.05, 0.1) is 13.7 Å². The van der Waals surface area contributed by atoms with Gasteiger partial charge in [0, 0.05) is 6.54 Å². The maximum absolute atomic E-state index is 13.3. The van der Waals surface area contributed by atoms with E-state index in [9.17, 15) is 24.3 Å². The summed E-state index contributed by atoms with van der Waals surface area (Å²) in [6, 6.07) is 4.57. The summed E-state index contributed by atoms with van der Waals surface area (Å²) in [7, 11) is 1.20. The molecule has 178 valence electrons. The van der Waals surface area contributed by atoms with Crippen LogP contribution in [-0.4, -0.2) is 72.3 Å². The van der Waals surface area contributed by atoms with Crippen LogP contribution in [0.15, 0.2) is 24.3 Å². The molecule has 2 atom stereocenters. The molecule has 1 rings (SSSR count). The van der Waals surface area contributed by atoms with Gasteiger partial charge < -0.3 is 30.1 Å². The summed E-state index contributed by atoms with van der Waals surface area (Å²) in [6.45, 7) is 7.48. The Morgan fingerprint density at radius 1 is 1.16 bits per heavy atom. The molecule has 0 saturated carbocycles. The maximum atomic E-state index is 13.3. The molecule has 0 aliphatic carbocycles. The molecule has 10 heteroatoms. The first-order valence-electron chi connectivity index (χ1n) is 10.3. The summed E-state index contributed by atoms with van der Waals surface area (Å²) in [5.41, 5.74) is 0.492. The van der Waals surface area contributed by atoms with Crippen LogP contribution in [0.2, 0.25) is 0 Å². The van der Waals surface area contributed by atoms with E-state index in [1.54, 1.807) is 58.9 Å². The predicted octanol–water partition coefficient (Wildman–Crippen LogP) is 1.06. The van der Waals surface area contributed by atoms with E-state index < -0.39 is 48.2 Å². The number of carbonyl (C=O) groups excluding carboxylic acids is 4. The normalized spacial score (nSPS) is 12.8. The summed E-state index contributed by atoms with van der Waals surface area (Å²) < 4.78 is 9.71. The number of nitrogens with one attached hydrogen (secondary N) is 2. The molecule has 2 unspecified atom stereocenters. The van der Waals surface area contributed by atoms with Crippen LogP contribution >= 0.6 is 0 Å². The Labute approximate surface area is 188 Å². The minimum Gasteiger partial charge on any atom is -0.468 e. The lowest BCUT2D eigenvalue weighted by Gasteiger charge is -2.33. The molecule has 0 heterocycles. The number of methoxy groups -OCH3 is 1. The molecule has 0 aromatic heterocycles. The summed E-state index contributed by atoms with van der Waals surface area (Å²) in [5, 5.41) is 14.6. The third-order valence-electron chi connectivity index (χ3n) is 4.47. The van der Waals surface area contributed by atoms with E-state index in [1.165, 1.54) is 12.0 Å². The van der Waals surface area contributed by atoms with Crippen molar-refractivity contribution < 1.29 is 33.8 Å². The molecule has 3 N–H and O–H groups in total. The fourth-order valence-corrected chi connectivity index (χ4v) is 2.97. The number of aliphatic hydroxyl groups excluding tert-OH is 1. The average Bonchev–Trinajstić information content (AvgIpc) is 2.72. The lowest BCUT2D eigenvalue weighted by atomic mass is 9.98. The molecule has 0 fully saturated rings. The van der Waals surface area contributed by atoms with Crippen molar-refractivity contribution >= 4 is 23.9 Å². The topological polar surface area (TPSA) is 134 Å². The number of hydrogen-bond donors (Lipinski definition) is 3. The average molecular weight is 452 g/mol. The van der Waals surface area contributed by atoms with Crippen LogP contribution in [0.1, 0.15) is 44.9 Å². The monoisotopic (exact) mass is 451 g/mol. The Morgan fingerprint density at radius 2 is 1.78 bits per heavy atom. The summed E-state index contributed by atoms with van der Waals surface area (Å²) in [5.74, 6) is -1.92. The van der Waals surface area contributed by atoms with Crippen LogP contribution in [0, 0.1) is 6.92 Å². The van der Waals surface area contributed by atoms with E-state index in [1.807, 2.05) is 0 Å². The molecule has 0 aliphatic heterocycles. The first-order chi connectivity index (χ1) is 14.9. The Hall–Kier alpha value is -3.14. The molecule has 10 nitrogen and oxygen atoms in total. The van der Waals surface area contributed by atoms with Crippen molar-refractivity contribution in [2.75, 3.05) is 26.8 Å². The molecule has 1 aromatic carbocycles. The zero-order valence-corrected chi connectivity index (χ0v) is 19.4. The van der Waals surface area contributed by atoms with Crippen molar-refractivity contribution in [3.63, 3.8) is 0 Å². The first-order valence-corrected chi connectivity index (χ1v) is 10.3. The summed E-state index contributed by atoms with van der Waals surface area (Å²) in [6.07, 6.45) is -0.872. The van der Waals surface area contributed by atoms with Crippen molar-refractivity contribution in [1.29, 1.82) is 0 Å². The minimum absolute atomic E-state index is 0.0932. The van der Waals surface area contributed by atoms with E-state index in [0.717, 1.165) is 5.56 Å². The molecule has 0 aliphatic rings. The molecule has 1 aromatic rings. The number of hydrogen-bond acceptors (Lipinski definition) is 7. The molecule has 32 heavy (non-hydrogen) atoms. The highest BCUT2D eigenvalue weighted by Gasteiger charge is 2.36. The van der Waals surface area contributed by atoms with Crippen molar-refractivity contribution in [3.8, 4) is 0 Å². The van der Waals surface area contributed by atoms with Gasteiger partial charge in [0.25, 0.3) is 0 Å². The van der Waals surface area contributed by atoms with Gasteiger partial charge in [-0.1, -0.05) is 24.3 Å². The lowest BCUT2D eigenvalue weighted by molar-refractivity contribution is -0.145. The van der Waals surface area contributed by atoms with Gasteiger partial charge in [0.2, 0.25) is 11.8 Å². The van der Waals surface area contributed by atoms with Crippen LogP contribution in [0.25, 0.3) is 0 Å². The standard InChI is InChI=1S/C22H33N3O7/c1-7-25(20(29)16(13-26)24-21(30)32-22(3,4)5)18(15-11-9-8-10-14(15)2)19(28)23-12-17(27)31-6/h8-11,16,18,26H,7,12-13H2,1-6H3,(H,23,28)(H,24,30). The predicted molar refractivity (Wildman–Crippen MR) is 117 cm³/mol. The number of aryl methyl sites for hydroxylation is 1. The smallest absolute Gasteiger partial charge is 0.408 e. The number of alkyl carbamates (subject to hydrolysis) is 1. The Bertz CT molecular complexity index is 820.